The second kappa shape index (κ2) is 12.7. The normalized spacial score (nSPS) is 12.2. The zero-order valence-corrected chi connectivity index (χ0v) is 16.9. The molecule has 26 heavy (non-hydrogen) atoms. The highest BCUT2D eigenvalue weighted by Crippen LogP contribution is 2.11. The van der Waals surface area contributed by atoms with Crippen molar-refractivity contribution in [3.63, 3.8) is 0 Å². The highest BCUT2D eigenvalue weighted by atomic mass is 32.2. The van der Waals surface area contributed by atoms with Crippen LogP contribution in [0.2, 0.25) is 0 Å². The van der Waals surface area contributed by atoms with Crippen molar-refractivity contribution >= 4 is 16.0 Å². The molecular formula is C18H32N4O3S. The summed E-state index contributed by atoms with van der Waals surface area (Å²) in [6, 6.07) is 6.77. The van der Waals surface area contributed by atoms with E-state index in [2.05, 4.69) is 27.3 Å². The van der Waals surface area contributed by atoms with Gasteiger partial charge in [-0.25, -0.2) is 18.1 Å². The largest absolute Gasteiger partial charge is 0.383 e. The number of benzene rings is 1. The first-order valence-corrected chi connectivity index (χ1v) is 10.6. The minimum Gasteiger partial charge on any atom is -0.383 e. The third-order valence-corrected chi connectivity index (χ3v) is 5.15. The van der Waals surface area contributed by atoms with Gasteiger partial charge in [0.25, 0.3) is 0 Å². The van der Waals surface area contributed by atoms with Crippen LogP contribution in [-0.4, -0.2) is 47.7 Å². The Morgan fingerprint density at radius 3 is 2.42 bits per heavy atom. The maximum Gasteiger partial charge on any atom is 0.240 e. The fourth-order valence-corrected chi connectivity index (χ4v) is 3.24. The quantitative estimate of drug-likeness (QED) is 0.291. The second-order valence-electron chi connectivity index (χ2n) is 5.86. The molecule has 1 aromatic rings. The first kappa shape index (κ1) is 22.4. The third kappa shape index (κ3) is 8.64. The van der Waals surface area contributed by atoms with E-state index in [0.29, 0.717) is 13.2 Å². The Balaban J connectivity index is 2.63. The molecule has 0 aliphatic heterocycles. The number of hydrogen-bond acceptors (Lipinski definition) is 4. The smallest absolute Gasteiger partial charge is 0.240 e. The van der Waals surface area contributed by atoms with Gasteiger partial charge in [-0.15, -0.1) is 0 Å². The molecule has 0 aliphatic carbocycles. The van der Waals surface area contributed by atoms with Gasteiger partial charge in [0.05, 0.1) is 18.0 Å². The Morgan fingerprint density at radius 1 is 1.08 bits per heavy atom. The lowest BCUT2D eigenvalue weighted by Crippen LogP contribution is -2.37. The fourth-order valence-electron chi connectivity index (χ4n) is 2.23. The Labute approximate surface area is 157 Å². The molecule has 0 atom stereocenters. The summed E-state index contributed by atoms with van der Waals surface area (Å²) in [7, 11) is -1.97. The standard InChI is InChI=1S/C18H32N4O3S/c1-4-6-7-12-20-18(19-5-2)21-15-16-8-10-17(11-9-16)26(23,24)22-13-14-25-3/h8-11,22H,4-7,12-15H2,1-3H3,(H2,19,20,21). The van der Waals surface area contributed by atoms with E-state index in [4.69, 9.17) is 4.74 Å². The first-order valence-electron chi connectivity index (χ1n) is 9.13. The van der Waals surface area contributed by atoms with E-state index in [1.54, 1.807) is 24.3 Å². The van der Waals surface area contributed by atoms with Crippen molar-refractivity contribution in [1.82, 2.24) is 15.4 Å². The molecule has 0 saturated carbocycles. The predicted octanol–water partition coefficient (Wildman–Crippen LogP) is 1.86. The highest BCUT2D eigenvalue weighted by Gasteiger charge is 2.12. The van der Waals surface area contributed by atoms with Gasteiger partial charge in [0, 0.05) is 26.7 Å². The van der Waals surface area contributed by atoms with Gasteiger partial charge in [0.1, 0.15) is 0 Å². The molecule has 0 unspecified atom stereocenters. The first-order chi connectivity index (χ1) is 12.5. The number of sulfonamides is 1. The van der Waals surface area contributed by atoms with Gasteiger partial charge >= 0.3 is 0 Å². The van der Waals surface area contributed by atoms with Crippen LogP contribution in [0, 0.1) is 0 Å². The number of unbranched alkanes of at least 4 members (excludes halogenated alkanes) is 2. The van der Waals surface area contributed by atoms with Crippen LogP contribution in [0.15, 0.2) is 34.2 Å². The molecule has 0 heterocycles. The third-order valence-electron chi connectivity index (χ3n) is 3.67. The summed E-state index contributed by atoms with van der Waals surface area (Å²) in [5.74, 6) is 0.779. The molecule has 0 saturated heterocycles. The summed E-state index contributed by atoms with van der Waals surface area (Å²) in [5.41, 5.74) is 0.951. The summed E-state index contributed by atoms with van der Waals surface area (Å²) >= 11 is 0. The SMILES string of the molecule is CCCCCNC(=NCc1ccc(S(=O)(=O)NCCOC)cc1)NCC. The van der Waals surface area contributed by atoms with E-state index in [-0.39, 0.29) is 11.4 Å². The number of nitrogens with one attached hydrogen (secondary N) is 3. The minimum absolute atomic E-state index is 0.242. The van der Waals surface area contributed by atoms with E-state index in [0.717, 1.165) is 31.0 Å². The molecule has 7 nitrogen and oxygen atoms in total. The van der Waals surface area contributed by atoms with E-state index >= 15 is 0 Å². The maximum atomic E-state index is 12.1. The van der Waals surface area contributed by atoms with Gasteiger partial charge in [-0.3, -0.25) is 0 Å². The van der Waals surface area contributed by atoms with Crippen LogP contribution in [0.25, 0.3) is 0 Å². The molecule has 8 heteroatoms. The average molecular weight is 385 g/mol. The van der Waals surface area contributed by atoms with Gasteiger partial charge in [-0.05, 0) is 31.0 Å². The van der Waals surface area contributed by atoms with Crippen molar-refractivity contribution in [2.45, 2.75) is 44.6 Å². The number of guanidine groups is 1. The Morgan fingerprint density at radius 2 is 1.81 bits per heavy atom. The maximum absolute atomic E-state index is 12.1. The van der Waals surface area contributed by atoms with Gasteiger partial charge in [0.15, 0.2) is 5.96 Å². The van der Waals surface area contributed by atoms with Crippen LogP contribution in [-0.2, 0) is 21.3 Å². The summed E-state index contributed by atoms with van der Waals surface area (Å²) in [4.78, 5) is 4.79. The number of rotatable bonds is 12. The Hall–Kier alpha value is -1.64. The zero-order chi connectivity index (χ0) is 19.3. The van der Waals surface area contributed by atoms with Crippen molar-refractivity contribution in [2.24, 2.45) is 4.99 Å². The van der Waals surface area contributed by atoms with E-state index in [1.807, 2.05) is 6.92 Å². The van der Waals surface area contributed by atoms with Crippen molar-refractivity contribution < 1.29 is 13.2 Å². The topological polar surface area (TPSA) is 91.8 Å². The van der Waals surface area contributed by atoms with Crippen LogP contribution < -0.4 is 15.4 Å². The lowest BCUT2D eigenvalue weighted by atomic mass is 10.2. The molecule has 3 N–H and O–H groups in total. The molecule has 0 aromatic heterocycles. The number of nitrogens with zero attached hydrogens (tertiary/aromatic N) is 1. The van der Waals surface area contributed by atoms with Crippen molar-refractivity contribution in [3.05, 3.63) is 29.8 Å². The number of aliphatic imine (C=N–C) groups is 1. The summed E-state index contributed by atoms with van der Waals surface area (Å²) in [6.45, 7) is 6.97. The van der Waals surface area contributed by atoms with Crippen LogP contribution in [0.5, 0.6) is 0 Å². The minimum atomic E-state index is -3.50. The molecule has 0 spiro atoms. The Kier molecular flexibility index (Phi) is 10.9. The van der Waals surface area contributed by atoms with Crippen molar-refractivity contribution in [1.29, 1.82) is 0 Å². The summed E-state index contributed by atoms with van der Waals surface area (Å²) in [5, 5.41) is 6.53. The van der Waals surface area contributed by atoms with Crippen LogP contribution >= 0.6 is 0 Å². The van der Waals surface area contributed by atoms with Gasteiger partial charge in [-0.2, -0.15) is 0 Å². The lowest BCUT2D eigenvalue weighted by molar-refractivity contribution is 0.204. The predicted molar refractivity (Wildman–Crippen MR) is 106 cm³/mol. The summed E-state index contributed by atoms with van der Waals surface area (Å²) in [6.07, 6.45) is 3.50. The number of methoxy groups -OCH3 is 1. The molecule has 1 rings (SSSR count). The molecule has 0 fully saturated rings. The molecule has 0 bridgehead atoms. The lowest BCUT2D eigenvalue weighted by Gasteiger charge is -2.11. The van der Waals surface area contributed by atoms with Crippen LogP contribution in [0.3, 0.4) is 0 Å². The van der Waals surface area contributed by atoms with Gasteiger partial charge in [0.2, 0.25) is 10.0 Å². The van der Waals surface area contributed by atoms with Gasteiger partial charge < -0.3 is 15.4 Å². The molecular weight excluding hydrogens is 352 g/mol. The zero-order valence-electron chi connectivity index (χ0n) is 16.0. The second-order valence-corrected chi connectivity index (χ2v) is 7.63. The average Bonchev–Trinajstić information content (AvgIpc) is 2.63. The molecule has 0 aliphatic rings. The molecule has 1 aromatic carbocycles. The van der Waals surface area contributed by atoms with E-state index in [1.165, 1.54) is 20.0 Å². The van der Waals surface area contributed by atoms with E-state index in [9.17, 15) is 8.42 Å². The fraction of sp³-hybridized carbons (Fsp3) is 0.611. The monoisotopic (exact) mass is 384 g/mol. The van der Waals surface area contributed by atoms with Crippen LogP contribution in [0.1, 0.15) is 38.7 Å². The Bertz CT molecular complexity index is 630. The van der Waals surface area contributed by atoms with E-state index < -0.39 is 10.0 Å². The van der Waals surface area contributed by atoms with Gasteiger partial charge in [-0.1, -0.05) is 31.9 Å². The van der Waals surface area contributed by atoms with Crippen LogP contribution in [0.4, 0.5) is 0 Å². The molecule has 148 valence electrons. The molecule has 0 amide bonds. The summed E-state index contributed by atoms with van der Waals surface area (Å²) < 4.78 is 31.6. The van der Waals surface area contributed by atoms with Crippen molar-refractivity contribution in [2.75, 3.05) is 33.4 Å². The van der Waals surface area contributed by atoms with Crippen molar-refractivity contribution in [3.8, 4) is 0 Å². The number of hydrogen-bond donors (Lipinski definition) is 3. The number of ether oxygens (including phenoxy) is 1. The highest BCUT2D eigenvalue weighted by molar-refractivity contribution is 7.89. The molecule has 0 radical (unpaired) electrons.